The van der Waals surface area contributed by atoms with Crippen molar-refractivity contribution in [2.24, 2.45) is 7.05 Å². The second-order valence-electron chi connectivity index (χ2n) is 4.71. The monoisotopic (exact) mass is 283 g/mol. The van der Waals surface area contributed by atoms with Gasteiger partial charge in [0.05, 0.1) is 12.5 Å². The van der Waals surface area contributed by atoms with Gasteiger partial charge >= 0.3 is 0 Å². The van der Waals surface area contributed by atoms with E-state index >= 15 is 0 Å². The fourth-order valence-corrected chi connectivity index (χ4v) is 1.94. The molecule has 0 spiro atoms. The molecule has 0 bridgehead atoms. The molecule has 2 rings (SSSR count). The number of rotatable bonds is 3. The van der Waals surface area contributed by atoms with Crippen LogP contribution in [0.25, 0.3) is 0 Å². The highest BCUT2D eigenvalue weighted by Crippen LogP contribution is 2.09. The fraction of sp³-hybridized carbons (Fsp3) is 0.250. The number of aliphatic hydroxyl groups is 1. The summed E-state index contributed by atoms with van der Waals surface area (Å²) in [6.45, 7) is 0.363. The molecule has 0 radical (unpaired) electrons. The molecule has 0 fully saturated rings. The molecule has 5 heteroatoms. The van der Waals surface area contributed by atoms with Crippen LogP contribution in [0.5, 0.6) is 0 Å². The molecule has 5 nitrogen and oxygen atoms in total. The first-order chi connectivity index (χ1) is 10.1. The van der Waals surface area contributed by atoms with Crippen LogP contribution in [0.1, 0.15) is 21.6 Å². The molecule has 0 aliphatic carbocycles. The van der Waals surface area contributed by atoms with Crippen LogP contribution >= 0.6 is 0 Å². The summed E-state index contributed by atoms with van der Waals surface area (Å²) in [5.41, 5.74) is 2.42. The average molecular weight is 283 g/mol. The number of carbonyl (C=O) groups is 1. The number of aryl methyl sites for hydroxylation is 1. The SMILES string of the molecule is CN(Cc1ccc(C#CCO)cc1)C(=O)c1cncn1C. The second kappa shape index (κ2) is 6.73. The van der Waals surface area contributed by atoms with E-state index in [0.717, 1.165) is 11.1 Å². The van der Waals surface area contributed by atoms with Crippen molar-refractivity contribution in [2.75, 3.05) is 13.7 Å². The van der Waals surface area contributed by atoms with Crippen LogP contribution in [0.15, 0.2) is 36.8 Å². The number of aliphatic hydroxyl groups excluding tert-OH is 1. The molecule has 0 aliphatic heterocycles. The molecule has 0 saturated carbocycles. The van der Waals surface area contributed by atoms with E-state index in [-0.39, 0.29) is 12.5 Å². The highest BCUT2D eigenvalue weighted by Gasteiger charge is 2.15. The van der Waals surface area contributed by atoms with Crippen LogP contribution < -0.4 is 0 Å². The summed E-state index contributed by atoms with van der Waals surface area (Å²) < 4.78 is 1.70. The van der Waals surface area contributed by atoms with Gasteiger partial charge in [-0.25, -0.2) is 4.98 Å². The number of nitrogens with zero attached hydrogens (tertiary/aromatic N) is 3. The molecule has 1 aromatic carbocycles. The summed E-state index contributed by atoms with van der Waals surface area (Å²) in [5.74, 6) is 5.36. The van der Waals surface area contributed by atoms with Gasteiger partial charge in [-0.1, -0.05) is 24.0 Å². The van der Waals surface area contributed by atoms with Crippen molar-refractivity contribution in [3.8, 4) is 11.8 Å². The zero-order chi connectivity index (χ0) is 15.2. The number of benzene rings is 1. The van der Waals surface area contributed by atoms with Crippen molar-refractivity contribution < 1.29 is 9.90 Å². The van der Waals surface area contributed by atoms with Crippen LogP contribution in [0.4, 0.5) is 0 Å². The predicted octanol–water partition coefficient (Wildman–Crippen LogP) is 1.04. The van der Waals surface area contributed by atoms with E-state index in [2.05, 4.69) is 16.8 Å². The number of imidazole rings is 1. The van der Waals surface area contributed by atoms with Crippen LogP contribution in [-0.4, -0.2) is 39.1 Å². The van der Waals surface area contributed by atoms with Crippen molar-refractivity contribution in [2.45, 2.75) is 6.54 Å². The van der Waals surface area contributed by atoms with E-state index in [0.29, 0.717) is 12.2 Å². The third kappa shape index (κ3) is 3.71. The summed E-state index contributed by atoms with van der Waals surface area (Å²) in [4.78, 5) is 17.9. The maximum Gasteiger partial charge on any atom is 0.272 e. The molecular formula is C16H17N3O2. The van der Waals surface area contributed by atoms with Crippen LogP contribution in [0.2, 0.25) is 0 Å². The molecule has 0 aliphatic rings. The lowest BCUT2D eigenvalue weighted by molar-refractivity contribution is 0.0775. The Balaban J connectivity index is 2.04. The van der Waals surface area contributed by atoms with Crippen molar-refractivity contribution >= 4 is 5.91 Å². The zero-order valence-corrected chi connectivity index (χ0v) is 12.1. The van der Waals surface area contributed by atoms with E-state index in [1.807, 2.05) is 24.3 Å². The molecule has 2 aromatic rings. The van der Waals surface area contributed by atoms with Gasteiger partial charge in [0.2, 0.25) is 0 Å². The maximum atomic E-state index is 12.3. The average Bonchev–Trinajstić information content (AvgIpc) is 2.92. The first-order valence-corrected chi connectivity index (χ1v) is 6.52. The lowest BCUT2D eigenvalue weighted by Gasteiger charge is -2.17. The molecule has 1 amide bonds. The summed E-state index contributed by atoms with van der Waals surface area (Å²) in [7, 11) is 3.55. The number of amides is 1. The third-order valence-corrected chi connectivity index (χ3v) is 3.07. The van der Waals surface area contributed by atoms with Gasteiger partial charge in [0.25, 0.3) is 5.91 Å². The first kappa shape index (κ1) is 14.8. The molecular weight excluding hydrogens is 266 g/mol. The Bertz CT molecular complexity index is 678. The van der Waals surface area contributed by atoms with Gasteiger partial charge in [-0.15, -0.1) is 0 Å². The Labute approximate surface area is 123 Å². The maximum absolute atomic E-state index is 12.3. The topological polar surface area (TPSA) is 58.4 Å². The normalized spacial score (nSPS) is 9.86. The van der Waals surface area contributed by atoms with E-state index in [1.54, 1.807) is 36.1 Å². The summed E-state index contributed by atoms with van der Waals surface area (Å²) in [6, 6.07) is 7.60. The minimum absolute atomic E-state index is 0.0702. The first-order valence-electron chi connectivity index (χ1n) is 6.52. The van der Waals surface area contributed by atoms with Crippen molar-refractivity contribution in [3.63, 3.8) is 0 Å². The fourth-order valence-electron chi connectivity index (χ4n) is 1.94. The van der Waals surface area contributed by atoms with E-state index < -0.39 is 0 Å². The van der Waals surface area contributed by atoms with E-state index in [9.17, 15) is 4.79 Å². The van der Waals surface area contributed by atoms with Gasteiger partial charge in [0, 0.05) is 26.2 Å². The van der Waals surface area contributed by atoms with Gasteiger partial charge in [0.15, 0.2) is 0 Å². The Morgan fingerprint density at radius 1 is 1.38 bits per heavy atom. The number of aromatic nitrogens is 2. The van der Waals surface area contributed by atoms with Gasteiger partial charge in [-0.3, -0.25) is 4.79 Å². The molecule has 1 aromatic heterocycles. The van der Waals surface area contributed by atoms with Crippen LogP contribution in [0.3, 0.4) is 0 Å². The Hall–Kier alpha value is -2.58. The highest BCUT2D eigenvalue weighted by molar-refractivity contribution is 5.92. The van der Waals surface area contributed by atoms with Crippen molar-refractivity contribution in [1.82, 2.24) is 14.5 Å². The lowest BCUT2D eigenvalue weighted by atomic mass is 10.1. The lowest BCUT2D eigenvalue weighted by Crippen LogP contribution is -2.27. The Morgan fingerprint density at radius 3 is 2.67 bits per heavy atom. The third-order valence-electron chi connectivity index (χ3n) is 3.07. The van der Waals surface area contributed by atoms with Gasteiger partial charge < -0.3 is 14.6 Å². The largest absolute Gasteiger partial charge is 0.384 e. The minimum atomic E-state index is -0.149. The zero-order valence-electron chi connectivity index (χ0n) is 12.1. The summed E-state index contributed by atoms with van der Waals surface area (Å²) in [5, 5.41) is 8.65. The smallest absolute Gasteiger partial charge is 0.272 e. The molecule has 1 N–H and O–H groups in total. The standard InChI is InChI=1S/C16H17N3O2/c1-18(16(21)15-10-17-12-19(15)2)11-14-7-5-13(6-8-14)4-3-9-20/h5-8,10,12,20H,9,11H2,1-2H3. The Kier molecular flexibility index (Phi) is 4.75. The van der Waals surface area contributed by atoms with Crippen molar-refractivity contribution in [1.29, 1.82) is 0 Å². The van der Waals surface area contributed by atoms with Gasteiger partial charge in [-0.2, -0.15) is 0 Å². The molecule has 0 atom stereocenters. The highest BCUT2D eigenvalue weighted by atomic mass is 16.2. The van der Waals surface area contributed by atoms with Crippen LogP contribution in [-0.2, 0) is 13.6 Å². The van der Waals surface area contributed by atoms with Gasteiger partial charge in [-0.05, 0) is 17.7 Å². The number of hydrogen-bond acceptors (Lipinski definition) is 3. The quantitative estimate of drug-likeness (QED) is 0.856. The number of hydrogen-bond donors (Lipinski definition) is 1. The Morgan fingerprint density at radius 2 is 2.10 bits per heavy atom. The predicted molar refractivity (Wildman–Crippen MR) is 79.4 cm³/mol. The second-order valence-corrected chi connectivity index (χ2v) is 4.71. The van der Waals surface area contributed by atoms with E-state index in [4.69, 9.17) is 5.11 Å². The molecule has 1 heterocycles. The molecule has 108 valence electrons. The minimum Gasteiger partial charge on any atom is -0.384 e. The van der Waals surface area contributed by atoms with Gasteiger partial charge in [0.1, 0.15) is 12.3 Å². The molecule has 0 unspecified atom stereocenters. The number of carbonyl (C=O) groups excluding carboxylic acids is 1. The summed E-state index contributed by atoms with van der Waals surface area (Å²) >= 11 is 0. The molecule has 21 heavy (non-hydrogen) atoms. The molecule has 0 saturated heterocycles. The summed E-state index contributed by atoms with van der Waals surface area (Å²) in [6.07, 6.45) is 3.17. The van der Waals surface area contributed by atoms with Crippen LogP contribution in [0, 0.1) is 11.8 Å². The van der Waals surface area contributed by atoms with Crippen molar-refractivity contribution in [3.05, 3.63) is 53.6 Å². The van der Waals surface area contributed by atoms with E-state index in [1.165, 1.54) is 0 Å².